The molecule has 1 saturated carbocycles. The molecular weight excluding hydrogens is 208 g/mol. The Labute approximate surface area is 108 Å². The molecule has 0 spiro atoms. The maximum Gasteiger partial charge on any atom is 0.0199 e. The first-order valence-electron chi connectivity index (χ1n) is 7.39. The van der Waals surface area contributed by atoms with Crippen molar-refractivity contribution in [2.45, 2.75) is 65.0 Å². The normalized spacial score (nSPS) is 21.4. The van der Waals surface area contributed by atoms with E-state index in [0.717, 1.165) is 18.4 Å². The van der Waals surface area contributed by atoms with Gasteiger partial charge in [0.05, 0.1) is 0 Å². The second kappa shape index (κ2) is 7.38. The lowest BCUT2D eigenvalue weighted by atomic mass is 9.96. The topological polar surface area (TPSA) is 15.3 Å². The van der Waals surface area contributed by atoms with E-state index in [2.05, 4.69) is 45.1 Å². The predicted octanol–water partition coefficient (Wildman–Crippen LogP) is 3.13. The molecule has 2 nitrogen and oxygen atoms in total. The monoisotopic (exact) mass is 240 g/mol. The molecule has 2 atom stereocenters. The molecule has 1 aliphatic carbocycles. The van der Waals surface area contributed by atoms with Crippen molar-refractivity contribution in [2.24, 2.45) is 11.8 Å². The maximum atomic E-state index is 3.88. The SMILES string of the molecule is CC(C)CC(CN(C)C)NC(C)C1CCCC1. The molecule has 2 unspecified atom stereocenters. The fraction of sp³-hybridized carbons (Fsp3) is 1.00. The highest BCUT2D eigenvalue weighted by molar-refractivity contribution is 4.82. The molecule has 1 aliphatic rings. The van der Waals surface area contributed by atoms with E-state index in [0.29, 0.717) is 12.1 Å². The summed E-state index contributed by atoms with van der Waals surface area (Å²) in [5.74, 6) is 1.70. The van der Waals surface area contributed by atoms with Gasteiger partial charge in [0.15, 0.2) is 0 Å². The van der Waals surface area contributed by atoms with Crippen molar-refractivity contribution in [3.05, 3.63) is 0 Å². The summed E-state index contributed by atoms with van der Waals surface area (Å²) in [7, 11) is 4.35. The molecule has 0 radical (unpaired) electrons. The van der Waals surface area contributed by atoms with Gasteiger partial charge in [0.2, 0.25) is 0 Å². The zero-order valence-corrected chi connectivity index (χ0v) is 12.5. The van der Waals surface area contributed by atoms with Gasteiger partial charge in [-0.25, -0.2) is 0 Å². The standard InChI is InChI=1S/C15H32N2/c1-12(2)10-15(11-17(4)5)16-13(3)14-8-6-7-9-14/h12-16H,6-11H2,1-5H3. The number of rotatable bonds is 7. The molecule has 1 fully saturated rings. The first-order valence-corrected chi connectivity index (χ1v) is 7.39. The molecule has 0 aromatic carbocycles. The largest absolute Gasteiger partial charge is 0.310 e. The average molecular weight is 240 g/mol. The van der Waals surface area contributed by atoms with Crippen LogP contribution in [-0.4, -0.2) is 37.6 Å². The molecule has 0 aliphatic heterocycles. The minimum Gasteiger partial charge on any atom is -0.310 e. The Morgan fingerprint density at radius 2 is 1.71 bits per heavy atom. The van der Waals surface area contributed by atoms with Crippen LogP contribution in [-0.2, 0) is 0 Å². The van der Waals surface area contributed by atoms with Crippen LogP contribution in [0.4, 0.5) is 0 Å². The lowest BCUT2D eigenvalue weighted by Gasteiger charge is -2.30. The molecule has 0 saturated heterocycles. The summed E-state index contributed by atoms with van der Waals surface area (Å²) in [5.41, 5.74) is 0. The van der Waals surface area contributed by atoms with Crippen LogP contribution in [0.15, 0.2) is 0 Å². The van der Waals surface area contributed by atoms with Gasteiger partial charge in [0, 0.05) is 18.6 Å². The van der Waals surface area contributed by atoms with Crippen molar-refractivity contribution in [1.29, 1.82) is 0 Å². The van der Waals surface area contributed by atoms with Gasteiger partial charge < -0.3 is 10.2 Å². The minimum atomic E-state index is 0.653. The van der Waals surface area contributed by atoms with E-state index in [4.69, 9.17) is 0 Å². The van der Waals surface area contributed by atoms with Crippen molar-refractivity contribution in [1.82, 2.24) is 10.2 Å². The Bertz CT molecular complexity index is 185. The fourth-order valence-corrected chi connectivity index (χ4v) is 3.17. The number of hydrogen-bond acceptors (Lipinski definition) is 2. The lowest BCUT2D eigenvalue weighted by Crippen LogP contribution is -2.45. The molecule has 0 aromatic heterocycles. The van der Waals surface area contributed by atoms with E-state index in [1.165, 1.54) is 32.1 Å². The Hall–Kier alpha value is -0.0800. The van der Waals surface area contributed by atoms with E-state index in [-0.39, 0.29) is 0 Å². The molecule has 1 rings (SSSR count). The summed E-state index contributed by atoms with van der Waals surface area (Å²) < 4.78 is 0. The van der Waals surface area contributed by atoms with Gasteiger partial charge in [-0.05, 0) is 52.1 Å². The summed E-state index contributed by atoms with van der Waals surface area (Å²) in [6.45, 7) is 8.20. The molecule has 2 heteroatoms. The van der Waals surface area contributed by atoms with Gasteiger partial charge in [0.25, 0.3) is 0 Å². The van der Waals surface area contributed by atoms with Gasteiger partial charge in [-0.3, -0.25) is 0 Å². The third-order valence-corrected chi connectivity index (χ3v) is 3.95. The van der Waals surface area contributed by atoms with Crippen molar-refractivity contribution < 1.29 is 0 Å². The summed E-state index contributed by atoms with van der Waals surface area (Å²) in [6.07, 6.45) is 7.04. The Morgan fingerprint density at radius 3 is 2.18 bits per heavy atom. The third-order valence-electron chi connectivity index (χ3n) is 3.95. The van der Waals surface area contributed by atoms with Crippen LogP contribution in [0.3, 0.4) is 0 Å². The first-order chi connectivity index (χ1) is 7.99. The van der Waals surface area contributed by atoms with Crippen LogP contribution >= 0.6 is 0 Å². The van der Waals surface area contributed by atoms with Crippen LogP contribution in [0, 0.1) is 11.8 Å². The van der Waals surface area contributed by atoms with Crippen molar-refractivity contribution >= 4 is 0 Å². The molecule has 0 bridgehead atoms. The number of hydrogen-bond donors (Lipinski definition) is 1. The van der Waals surface area contributed by atoms with E-state index < -0.39 is 0 Å². The number of nitrogens with one attached hydrogen (secondary N) is 1. The number of nitrogens with zero attached hydrogens (tertiary/aromatic N) is 1. The maximum absolute atomic E-state index is 3.88. The van der Waals surface area contributed by atoms with Crippen LogP contribution in [0.1, 0.15) is 52.9 Å². The minimum absolute atomic E-state index is 0.653. The summed E-state index contributed by atoms with van der Waals surface area (Å²) >= 11 is 0. The van der Waals surface area contributed by atoms with Crippen molar-refractivity contribution in [2.75, 3.05) is 20.6 Å². The molecule has 1 N–H and O–H groups in total. The highest BCUT2D eigenvalue weighted by atomic mass is 15.1. The fourth-order valence-electron chi connectivity index (χ4n) is 3.17. The Balaban J connectivity index is 2.40. The van der Waals surface area contributed by atoms with E-state index in [9.17, 15) is 0 Å². The smallest absolute Gasteiger partial charge is 0.0199 e. The van der Waals surface area contributed by atoms with Gasteiger partial charge in [-0.1, -0.05) is 26.7 Å². The highest BCUT2D eigenvalue weighted by Gasteiger charge is 2.24. The number of likely N-dealkylation sites (N-methyl/N-ethyl adjacent to an activating group) is 1. The second-order valence-electron chi connectivity index (χ2n) is 6.59. The zero-order chi connectivity index (χ0) is 12.8. The van der Waals surface area contributed by atoms with Crippen LogP contribution in [0.25, 0.3) is 0 Å². The van der Waals surface area contributed by atoms with Crippen LogP contribution in [0.2, 0.25) is 0 Å². The highest BCUT2D eigenvalue weighted by Crippen LogP contribution is 2.28. The summed E-state index contributed by atoms with van der Waals surface area (Å²) in [6, 6.07) is 1.35. The molecule has 0 heterocycles. The van der Waals surface area contributed by atoms with Gasteiger partial charge in [-0.15, -0.1) is 0 Å². The summed E-state index contributed by atoms with van der Waals surface area (Å²) in [5, 5.41) is 3.88. The molecule has 102 valence electrons. The van der Waals surface area contributed by atoms with Gasteiger partial charge >= 0.3 is 0 Å². The van der Waals surface area contributed by atoms with E-state index >= 15 is 0 Å². The van der Waals surface area contributed by atoms with E-state index in [1.807, 2.05) is 0 Å². The van der Waals surface area contributed by atoms with Crippen molar-refractivity contribution in [3.63, 3.8) is 0 Å². The van der Waals surface area contributed by atoms with Crippen LogP contribution < -0.4 is 5.32 Å². The predicted molar refractivity (Wildman–Crippen MR) is 76.4 cm³/mol. The molecule has 17 heavy (non-hydrogen) atoms. The van der Waals surface area contributed by atoms with E-state index in [1.54, 1.807) is 0 Å². The lowest BCUT2D eigenvalue weighted by molar-refractivity contribution is 0.261. The molecular formula is C15H32N2. The third kappa shape index (κ3) is 5.87. The quantitative estimate of drug-likeness (QED) is 0.735. The molecule has 0 amide bonds. The van der Waals surface area contributed by atoms with Crippen LogP contribution in [0.5, 0.6) is 0 Å². The van der Waals surface area contributed by atoms with Crippen molar-refractivity contribution in [3.8, 4) is 0 Å². The summed E-state index contributed by atoms with van der Waals surface area (Å²) in [4.78, 5) is 2.31. The second-order valence-corrected chi connectivity index (χ2v) is 6.59. The average Bonchev–Trinajstić information content (AvgIpc) is 2.67. The van der Waals surface area contributed by atoms with Gasteiger partial charge in [0.1, 0.15) is 0 Å². The first kappa shape index (κ1) is 15.0. The van der Waals surface area contributed by atoms with Gasteiger partial charge in [-0.2, -0.15) is 0 Å². The Kier molecular flexibility index (Phi) is 6.50. The Morgan fingerprint density at radius 1 is 1.12 bits per heavy atom. The molecule has 0 aromatic rings. The zero-order valence-electron chi connectivity index (χ0n) is 12.5.